The Balaban J connectivity index is 1.93. The number of imidazole rings is 1. The molecule has 3 rings (SSSR count). The van der Waals surface area contributed by atoms with Gasteiger partial charge in [-0.1, -0.05) is 6.92 Å². The van der Waals surface area contributed by atoms with Gasteiger partial charge in [-0.2, -0.15) is 9.97 Å². The maximum atomic E-state index is 9.63. The Morgan fingerprint density at radius 2 is 2.20 bits per heavy atom. The third-order valence-corrected chi connectivity index (χ3v) is 3.56. The molecule has 0 saturated carbocycles. The Bertz CT molecular complexity index is 575. The number of aromatic nitrogens is 4. The second kappa shape index (κ2) is 5.62. The molecular formula is C13H20N6O. The molecule has 1 saturated heterocycles. The lowest BCUT2D eigenvalue weighted by Gasteiger charge is -2.30. The van der Waals surface area contributed by atoms with Crippen LogP contribution in [0, 0.1) is 0 Å². The van der Waals surface area contributed by atoms with Crippen molar-refractivity contribution in [3.8, 4) is 0 Å². The minimum Gasteiger partial charge on any atom is -0.393 e. The zero-order valence-electron chi connectivity index (χ0n) is 11.6. The molecule has 1 aliphatic rings. The first-order valence-electron chi connectivity index (χ1n) is 7.16. The van der Waals surface area contributed by atoms with Crippen LogP contribution in [0.4, 0.5) is 11.8 Å². The van der Waals surface area contributed by atoms with Crippen molar-refractivity contribution < 1.29 is 5.11 Å². The highest BCUT2D eigenvalue weighted by molar-refractivity contribution is 5.84. The maximum Gasteiger partial charge on any atom is 0.226 e. The highest BCUT2D eigenvalue weighted by Crippen LogP contribution is 2.25. The fraction of sp³-hybridized carbons (Fsp3) is 0.615. The van der Waals surface area contributed by atoms with E-state index in [-0.39, 0.29) is 6.10 Å². The van der Waals surface area contributed by atoms with Gasteiger partial charge in [-0.25, -0.2) is 4.98 Å². The molecule has 3 heterocycles. The summed E-state index contributed by atoms with van der Waals surface area (Å²) in [6, 6.07) is 0. The van der Waals surface area contributed by atoms with Gasteiger partial charge < -0.3 is 20.3 Å². The van der Waals surface area contributed by atoms with Crippen molar-refractivity contribution in [1.29, 1.82) is 0 Å². The van der Waals surface area contributed by atoms with Crippen LogP contribution in [0.15, 0.2) is 6.33 Å². The molecule has 20 heavy (non-hydrogen) atoms. The van der Waals surface area contributed by atoms with Crippen molar-refractivity contribution in [1.82, 2.24) is 19.9 Å². The number of hydrogen-bond acceptors (Lipinski definition) is 6. The summed E-state index contributed by atoms with van der Waals surface area (Å²) in [7, 11) is 0. The number of aliphatic hydroxyl groups excluding tert-OH is 1. The van der Waals surface area contributed by atoms with Crippen molar-refractivity contribution in [3.05, 3.63) is 6.33 Å². The number of hydrogen-bond donors (Lipinski definition) is 3. The van der Waals surface area contributed by atoms with Crippen LogP contribution < -0.4 is 10.2 Å². The van der Waals surface area contributed by atoms with E-state index in [1.165, 1.54) is 0 Å². The second-order valence-corrected chi connectivity index (χ2v) is 5.12. The molecule has 0 bridgehead atoms. The lowest BCUT2D eigenvalue weighted by Crippen LogP contribution is -2.36. The molecule has 0 aromatic carbocycles. The van der Waals surface area contributed by atoms with Gasteiger partial charge in [0.05, 0.1) is 12.4 Å². The molecule has 1 aliphatic heterocycles. The van der Waals surface area contributed by atoms with E-state index in [9.17, 15) is 5.11 Å². The molecule has 3 N–H and O–H groups in total. The summed E-state index contributed by atoms with van der Waals surface area (Å²) in [6.07, 6.45) is 4.02. The smallest absolute Gasteiger partial charge is 0.226 e. The predicted octanol–water partition coefficient (Wildman–Crippen LogP) is 1.14. The third kappa shape index (κ3) is 2.53. The van der Waals surface area contributed by atoms with Crippen LogP contribution in [-0.2, 0) is 0 Å². The van der Waals surface area contributed by atoms with Gasteiger partial charge in [0.15, 0.2) is 11.5 Å². The molecule has 108 valence electrons. The van der Waals surface area contributed by atoms with Crippen molar-refractivity contribution in [2.45, 2.75) is 32.3 Å². The zero-order chi connectivity index (χ0) is 13.9. The van der Waals surface area contributed by atoms with Gasteiger partial charge in [0.25, 0.3) is 0 Å². The topological polar surface area (TPSA) is 90.0 Å². The van der Waals surface area contributed by atoms with Crippen LogP contribution in [0.3, 0.4) is 0 Å². The number of piperidine rings is 1. The Morgan fingerprint density at radius 3 is 2.95 bits per heavy atom. The standard InChI is InChI=1S/C13H20N6O/c1-2-5-14-13-17-11-10(15-8-16-11)12(18-13)19-6-3-9(20)4-7-19/h8-9,20H,2-7H2,1H3,(H2,14,15,16,17,18). The molecule has 7 heteroatoms. The van der Waals surface area contributed by atoms with E-state index < -0.39 is 0 Å². The first-order chi connectivity index (χ1) is 9.78. The number of aliphatic hydroxyl groups is 1. The largest absolute Gasteiger partial charge is 0.393 e. The van der Waals surface area contributed by atoms with Crippen LogP contribution in [0.1, 0.15) is 26.2 Å². The third-order valence-electron chi connectivity index (χ3n) is 3.56. The van der Waals surface area contributed by atoms with E-state index in [0.29, 0.717) is 11.6 Å². The molecule has 0 unspecified atom stereocenters. The maximum absolute atomic E-state index is 9.63. The normalized spacial score (nSPS) is 16.8. The summed E-state index contributed by atoms with van der Waals surface area (Å²) >= 11 is 0. The lowest BCUT2D eigenvalue weighted by molar-refractivity contribution is 0.145. The number of fused-ring (bicyclic) bond motifs is 1. The van der Waals surface area contributed by atoms with Gasteiger partial charge in [-0.15, -0.1) is 0 Å². The molecule has 0 radical (unpaired) electrons. The van der Waals surface area contributed by atoms with Crippen molar-refractivity contribution in [2.75, 3.05) is 29.9 Å². The molecule has 2 aromatic heterocycles. The van der Waals surface area contributed by atoms with Crippen LogP contribution in [-0.4, -0.2) is 50.8 Å². The van der Waals surface area contributed by atoms with Gasteiger partial charge >= 0.3 is 0 Å². The van der Waals surface area contributed by atoms with Gasteiger partial charge in [0.1, 0.15) is 5.52 Å². The predicted molar refractivity (Wildman–Crippen MR) is 77.9 cm³/mol. The summed E-state index contributed by atoms with van der Waals surface area (Å²) in [4.78, 5) is 18.5. The highest BCUT2D eigenvalue weighted by atomic mass is 16.3. The summed E-state index contributed by atoms with van der Waals surface area (Å²) in [5, 5.41) is 12.8. The second-order valence-electron chi connectivity index (χ2n) is 5.12. The molecule has 0 amide bonds. The lowest BCUT2D eigenvalue weighted by atomic mass is 10.1. The van der Waals surface area contributed by atoms with Gasteiger partial charge in [-0.05, 0) is 19.3 Å². The number of H-pyrrole nitrogens is 1. The first-order valence-corrected chi connectivity index (χ1v) is 7.16. The van der Waals surface area contributed by atoms with Crippen LogP contribution in [0.2, 0.25) is 0 Å². The van der Waals surface area contributed by atoms with Crippen molar-refractivity contribution in [2.24, 2.45) is 0 Å². The molecule has 2 aromatic rings. The summed E-state index contributed by atoms with van der Waals surface area (Å²) in [6.45, 7) is 4.56. The van der Waals surface area contributed by atoms with E-state index in [1.54, 1.807) is 6.33 Å². The number of anilines is 2. The summed E-state index contributed by atoms with van der Waals surface area (Å²) in [5.74, 6) is 1.49. The van der Waals surface area contributed by atoms with E-state index in [1.807, 2.05) is 0 Å². The Morgan fingerprint density at radius 1 is 1.40 bits per heavy atom. The summed E-state index contributed by atoms with van der Waals surface area (Å²) in [5.41, 5.74) is 1.54. The van der Waals surface area contributed by atoms with E-state index in [0.717, 1.165) is 50.2 Å². The SMILES string of the molecule is CCCNc1nc(N2CCC(O)CC2)c2[nH]cnc2n1. The quantitative estimate of drug-likeness (QED) is 0.776. The van der Waals surface area contributed by atoms with Crippen LogP contribution in [0.5, 0.6) is 0 Å². The molecule has 0 spiro atoms. The van der Waals surface area contributed by atoms with E-state index >= 15 is 0 Å². The Labute approximate surface area is 117 Å². The number of rotatable bonds is 4. The fourth-order valence-corrected chi connectivity index (χ4v) is 2.44. The molecule has 0 atom stereocenters. The fourth-order valence-electron chi connectivity index (χ4n) is 2.44. The monoisotopic (exact) mass is 276 g/mol. The first kappa shape index (κ1) is 13.1. The Hall–Kier alpha value is -1.89. The van der Waals surface area contributed by atoms with Gasteiger partial charge in [-0.3, -0.25) is 0 Å². The van der Waals surface area contributed by atoms with Gasteiger partial charge in [0, 0.05) is 19.6 Å². The molecule has 7 nitrogen and oxygen atoms in total. The van der Waals surface area contributed by atoms with Gasteiger partial charge in [0.2, 0.25) is 5.95 Å². The Kier molecular flexibility index (Phi) is 3.68. The number of aromatic amines is 1. The van der Waals surface area contributed by atoms with Crippen LogP contribution in [0.25, 0.3) is 11.2 Å². The number of nitrogens with one attached hydrogen (secondary N) is 2. The van der Waals surface area contributed by atoms with E-state index in [4.69, 9.17) is 0 Å². The van der Waals surface area contributed by atoms with Crippen molar-refractivity contribution >= 4 is 22.9 Å². The minimum absolute atomic E-state index is 0.192. The average molecular weight is 276 g/mol. The highest BCUT2D eigenvalue weighted by Gasteiger charge is 2.21. The minimum atomic E-state index is -0.192. The molecular weight excluding hydrogens is 256 g/mol. The van der Waals surface area contributed by atoms with Crippen molar-refractivity contribution in [3.63, 3.8) is 0 Å². The van der Waals surface area contributed by atoms with E-state index in [2.05, 4.69) is 37.1 Å². The molecule has 0 aliphatic carbocycles. The molecule has 1 fully saturated rings. The summed E-state index contributed by atoms with van der Waals surface area (Å²) < 4.78 is 0. The number of nitrogens with zero attached hydrogens (tertiary/aromatic N) is 4. The van der Waals surface area contributed by atoms with Crippen LogP contribution >= 0.6 is 0 Å². The average Bonchev–Trinajstić information content (AvgIpc) is 2.93. The zero-order valence-corrected chi connectivity index (χ0v) is 11.6.